The lowest BCUT2D eigenvalue weighted by atomic mass is 9.91. The molecule has 0 radical (unpaired) electrons. The zero-order chi connectivity index (χ0) is 25.4. The van der Waals surface area contributed by atoms with Crippen LogP contribution in [0.2, 0.25) is 0 Å². The van der Waals surface area contributed by atoms with Gasteiger partial charge in [0, 0.05) is 42.3 Å². The molecule has 1 unspecified atom stereocenters. The van der Waals surface area contributed by atoms with Crippen molar-refractivity contribution in [1.82, 2.24) is 10.6 Å². The average Bonchev–Trinajstić information content (AvgIpc) is 2.83. The Morgan fingerprint density at radius 2 is 1.97 bits per heavy atom. The SMILES string of the molecule is C=C(C)/C(=C\NCC)N=CC(C)N[C@@H](C)c1cccc(NC(=O)c2ccc3c(c2)CC=C(C)C3)c1. The largest absolute Gasteiger partial charge is 0.389 e. The first-order valence-corrected chi connectivity index (χ1v) is 12.3. The maximum absolute atomic E-state index is 12.9. The number of anilines is 1. The van der Waals surface area contributed by atoms with Crippen molar-refractivity contribution < 1.29 is 4.79 Å². The van der Waals surface area contributed by atoms with Gasteiger partial charge in [-0.15, -0.1) is 0 Å². The maximum Gasteiger partial charge on any atom is 0.255 e. The number of hydrogen-bond donors (Lipinski definition) is 3. The van der Waals surface area contributed by atoms with Crippen LogP contribution in [0, 0.1) is 0 Å². The fraction of sp³-hybridized carbons (Fsp3) is 0.333. The Labute approximate surface area is 210 Å². The van der Waals surface area contributed by atoms with E-state index in [2.05, 4.69) is 66.5 Å². The Morgan fingerprint density at radius 1 is 1.17 bits per heavy atom. The number of rotatable bonds is 10. The van der Waals surface area contributed by atoms with Crippen LogP contribution in [0.4, 0.5) is 5.69 Å². The van der Waals surface area contributed by atoms with Gasteiger partial charge in [-0.3, -0.25) is 9.79 Å². The van der Waals surface area contributed by atoms with Gasteiger partial charge in [-0.05, 0) is 94.0 Å². The van der Waals surface area contributed by atoms with E-state index in [-0.39, 0.29) is 18.0 Å². The van der Waals surface area contributed by atoms with Crippen LogP contribution in [0.15, 0.2) is 83.2 Å². The molecule has 2 aromatic rings. The molecule has 1 aliphatic carbocycles. The van der Waals surface area contributed by atoms with Gasteiger partial charge in [0.1, 0.15) is 0 Å². The van der Waals surface area contributed by atoms with Crippen LogP contribution in [-0.2, 0) is 12.8 Å². The lowest BCUT2D eigenvalue weighted by Gasteiger charge is -2.19. The fourth-order valence-electron chi connectivity index (χ4n) is 4.07. The molecular weight excluding hydrogens is 432 g/mol. The van der Waals surface area contributed by atoms with Crippen molar-refractivity contribution in [3.8, 4) is 0 Å². The predicted molar refractivity (Wildman–Crippen MR) is 148 cm³/mol. The quantitative estimate of drug-likeness (QED) is 0.223. The lowest BCUT2D eigenvalue weighted by Crippen LogP contribution is -2.30. The summed E-state index contributed by atoms with van der Waals surface area (Å²) in [5.41, 5.74) is 8.26. The molecule has 0 bridgehead atoms. The fourth-order valence-corrected chi connectivity index (χ4v) is 4.07. The molecule has 0 fully saturated rings. The molecule has 0 aromatic heterocycles. The molecule has 0 saturated carbocycles. The van der Waals surface area contributed by atoms with Crippen molar-refractivity contribution in [2.75, 3.05) is 11.9 Å². The number of benzene rings is 2. The van der Waals surface area contributed by atoms with Gasteiger partial charge in [0.15, 0.2) is 0 Å². The molecule has 2 atom stereocenters. The van der Waals surface area contributed by atoms with E-state index in [1.54, 1.807) is 0 Å². The van der Waals surface area contributed by atoms with Crippen LogP contribution in [-0.4, -0.2) is 24.7 Å². The summed E-state index contributed by atoms with van der Waals surface area (Å²) < 4.78 is 0. The van der Waals surface area contributed by atoms with E-state index < -0.39 is 0 Å². The normalized spacial score (nSPS) is 15.2. The number of hydrogen-bond acceptors (Lipinski definition) is 4. The number of allylic oxidation sites excluding steroid dienone is 3. The number of nitrogens with one attached hydrogen (secondary N) is 3. The summed E-state index contributed by atoms with van der Waals surface area (Å²) in [6, 6.07) is 14.1. The Hall–Kier alpha value is -3.44. The summed E-state index contributed by atoms with van der Waals surface area (Å²) in [4.78, 5) is 17.5. The van der Waals surface area contributed by atoms with E-state index in [0.717, 1.165) is 41.9 Å². The molecule has 3 N–H and O–H groups in total. The van der Waals surface area contributed by atoms with Crippen LogP contribution in [0.3, 0.4) is 0 Å². The van der Waals surface area contributed by atoms with Gasteiger partial charge in [-0.1, -0.05) is 36.4 Å². The zero-order valence-electron chi connectivity index (χ0n) is 21.6. The van der Waals surface area contributed by atoms with Crippen LogP contribution in [0.25, 0.3) is 0 Å². The van der Waals surface area contributed by atoms with Gasteiger partial charge in [-0.2, -0.15) is 0 Å². The maximum atomic E-state index is 12.9. The Morgan fingerprint density at radius 3 is 2.71 bits per heavy atom. The van der Waals surface area contributed by atoms with Crippen molar-refractivity contribution in [2.24, 2.45) is 4.99 Å². The second-order valence-corrected chi connectivity index (χ2v) is 9.32. The smallest absolute Gasteiger partial charge is 0.255 e. The Kier molecular flexibility index (Phi) is 9.21. The molecule has 5 nitrogen and oxygen atoms in total. The summed E-state index contributed by atoms with van der Waals surface area (Å²) in [5, 5.41) is 9.79. The van der Waals surface area contributed by atoms with Gasteiger partial charge < -0.3 is 16.0 Å². The summed E-state index contributed by atoms with van der Waals surface area (Å²) in [6.45, 7) is 15.2. The van der Waals surface area contributed by atoms with E-state index in [0.29, 0.717) is 5.56 Å². The van der Waals surface area contributed by atoms with E-state index in [1.165, 1.54) is 16.7 Å². The second kappa shape index (κ2) is 12.3. The van der Waals surface area contributed by atoms with Crippen molar-refractivity contribution in [1.29, 1.82) is 0 Å². The van der Waals surface area contributed by atoms with Crippen LogP contribution in [0.5, 0.6) is 0 Å². The molecule has 3 rings (SSSR count). The van der Waals surface area contributed by atoms with Gasteiger partial charge >= 0.3 is 0 Å². The third-order valence-electron chi connectivity index (χ3n) is 6.08. The molecule has 35 heavy (non-hydrogen) atoms. The van der Waals surface area contributed by atoms with Crippen molar-refractivity contribution in [3.05, 3.63) is 100 Å². The van der Waals surface area contributed by atoms with Crippen LogP contribution in [0.1, 0.15) is 67.7 Å². The molecule has 0 spiro atoms. The molecule has 184 valence electrons. The lowest BCUT2D eigenvalue weighted by molar-refractivity contribution is 0.102. The van der Waals surface area contributed by atoms with E-state index >= 15 is 0 Å². The number of amides is 1. The summed E-state index contributed by atoms with van der Waals surface area (Å²) in [5.74, 6) is -0.0860. The number of carbonyl (C=O) groups excluding carboxylic acids is 1. The zero-order valence-corrected chi connectivity index (χ0v) is 21.6. The number of carbonyl (C=O) groups is 1. The minimum atomic E-state index is -0.0860. The molecule has 5 heteroatoms. The number of nitrogens with zero attached hydrogens (tertiary/aromatic N) is 1. The molecule has 0 aliphatic heterocycles. The Bertz CT molecular complexity index is 1160. The van der Waals surface area contributed by atoms with Crippen molar-refractivity contribution in [2.45, 2.75) is 59.5 Å². The van der Waals surface area contributed by atoms with E-state index in [1.807, 2.05) is 56.6 Å². The van der Waals surface area contributed by atoms with Crippen LogP contribution >= 0.6 is 0 Å². The highest BCUT2D eigenvalue weighted by atomic mass is 16.1. The minimum absolute atomic E-state index is 0.0563. The molecular formula is C30H38N4O. The molecule has 1 aliphatic rings. The number of fused-ring (bicyclic) bond motifs is 1. The monoisotopic (exact) mass is 470 g/mol. The van der Waals surface area contributed by atoms with E-state index in [4.69, 9.17) is 0 Å². The highest BCUT2D eigenvalue weighted by Gasteiger charge is 2.14. The topological polar surface area (TPSA) is 65.5 Å². The average molecular weight is 471 g/mol. The summed E-state index contributed by atoms with van der Waals surface area (Å²) in [6.07, 6.45) is 7.88. The second-order valence-electron chi connectivity index (χ2n) is 9.32. The summed E-state index contributed by atoms with van der Waals surface area (Å²) >= 11 is 0. The third-order valence-corrected chi connectivity index (χ3v) is 6.08. The third kappa shape index (κ3) is 7.52. The van der Waals surface area contributed by atoms with Crippen molar-refractivity contribution >= 4 is 17.8 Å². The highest BCUT2D eigenvalue weighted by Crippen LogP contribution is 2.23. The first kappa shape index (κ1) is 26.2. The number of aliphatic imine (C=N–C) groups is 1. The molecule has 0 heterocycles. The predicted octanol–water partition coefficient (Wildman–Crippen LogP) is 6.12. The van der Waals surface area contributed by atoms with Gasteiger partial charge in [0.2, 0.25) is 0 Å². The highest BCUT2D eigenvalue weighted by molar-refractivity contribution is 6.04. The summed E-state index contributed by atoms with van der Waals surface area (Å²) in [7, 11) is 0. The van der Waals surface area contributed by atoms with Crippen LogP contribution < -0.4 is 16.0 Å². The first-order valence-electron chi connectivity index (χ1n) is 12.3. The molecule has 1 amide bonds. The van der Waals surface area contributed by atoms with Gasteiger partial charge in [0.05, 0.1) is 5.70 Å². The first-order chi connectivity index (χ1) is 16.8. The van der Waals surface area contributed by atoms with Crippen molar-refractivity contribution in [3.63, 3.8) is 0 Å². The minimum Gasteiger partial charge on any atom is -0.389 e. The molecule has 2 aromatic carbocycles. The van der Waals surface area contributed by atoms with Gasteiger partial charge in [-0.25, -0.2) is 0 Å². The standard InChI is InChI=1S/C30H38N4O/c1-7-31-19-29(20(2)3)32-18-22(5)33-23(6)24-9-8-10-28(17-24)34-30(35)27-14-13-25-15-21(4)11-12-26(25)16-27/h8-11,13-14,16-19,22-23,31,33H,2,7,12,15H2,1,3-6H3,(H,34,35)/b29-19+,32-18?/t22?,23-/m0/s1. The molecule has 0 saturated heterocycles. The van der Waals surface area contributed by atoms with E-state index in [9.17, 15) is 4.79 Å². The Balaban J connectivity index is 1.63. The van der Waals surface area contributed by atoms with Gasteiger partial charge in [0.25, 0.3) is 5.91 Å².